The standard InChI is InChI=1S/C16H27ClN2S/c1-4-6-13-9-18-15(12(3)5-2)11-19(13)10-14-7-8-16(17)20-14/h7-8,12-13,15,18H,4-6,9-11H2,1-3H3. The third-order valence-corrected chi connectivity index (χ3v) is 5.72. The second-order valence-corrected chi connectivity index (χ2v) is 7.78. The van der Waals surface area contributed by atoms with Crippen molar-refractivity contribution in [1.82, 2.24) is 10.2 Å². The Kier molecular flexibility index (Phi) is 6.34. The summed E-state index contributed by atoms with van der Waals surface area (Å²) in [6, 6.07) is 5.49. The van der Waals surface area contributed by atoms with Gasteiger partial charge in [0.05, 0.1) is 4.34 Å². The van der Waals surface area contributed by atoms with E-state index < -0.39 is 0 Å². The van der Waals surface area contributed by atoms with Gasteiger partial charge in [-0.15, -0.1) is 11.3 Å². The smallest absolute Gasteiger partial charge is 0.0931 e. The molecule has 114 valence electrons. The molecule has 1 aromatic rings. The molecule has 3 atom stereocenters. The van der Waals surface area contributed by atoms with E-state index in [1.165, 1.54) is 24.1 Å². The summed E-state index contributed by atoms with van der Waals surface area (Å²) < 4.78 is 0.903. The molecule has 0 radical (unpaired) electrons. The van der Waals surface area contributed by atoms with Gasteiger partial charge in [-0.2, -0.15) is 0 Å². The number of rotatable bonds is 6. The second-order valence-electron chi connectivity index (χ2n) is 5.98. The summed E-state index contributed by atoms with van der Waals surface area (Å²) in [4.78, 5) is 4.06. The molecule has 20 heavy (non-hydrogen) atoms. The van der Waals surface area contributed by atoms with Crippen molar-refractivity contribution in [2.75, 3.05) is 13.1 Å². The van der Waals surface area contributed by atoms with Crippen LogP contribution in [0.2, 0.25) is 4.34 Å². The Bertz CT molecular complexity index is 407. The van der Waals surface area contributed by atoms with Crippen LogP contribution in [-0.4, -0.2) is 30.1 Å². The Balaban J connectivity index is 2.02. The van der Waals surface area contributed by atoms with Crippen LogP contribution >= 0.6 is 22.9 Å². The SMILES string of the molecule is CCCC1CNC(C(C)CC)CN1Cc1ccc(Cl)s1. The highest BCUT2D eigenvalue weighted by Gasteiger charge is 2.29. The van der Waals surface area contributed by atoms with Gasteiger partial charge in [-0.3, -0.25) is 4.90 Å². The predicted octanol–water partition coefficient (Wildman–Crippen LogP) is 4.39. The molecule has 1 N–H and O–H groups in total. The Morgan fingerprint density at radius 2 is 2.25 bits per heavy atom. The highest BCUT2D eigenvalue weighted by Crippen LogP contribution is 2.26. The van der Waals surface area contributed by atoms with Crippen LogP contribution in [-0.2, 0) is 6.54 Å². The maximum atomic E-state index is 6.06. The van der Waals surface area contributed by atoms with E-state index in [9.17, 15) is 0 Å². The summed E-state index contributed by atoms with van der Waals surface area (Å²) in [7, 11) is 0. The Morgan fingerprint density at radius 3 is 2.85 bits per heavy atom. The summed E-state index contributed by atoms with van der Waals surface area (Å²) in [6.07, 6.45) is 3.77. The lowest BCUT2D eigenvalue weighted by molar-refractivity contribution is 0.0970. The van der Waals surface area contributed by atoms with Crippen molar-refractivity contribution in [2.45, 2.75) is 58.7 Å². The largest absolute Gasteiger partial charge is 0.311 e. The first-order valence-corrected chi connectivity index (χ1v) is 9.05. The second kappa shape index (κ2) is 7.79. The van der Waals surface area contributed by atoms with E-state index in [2.05, 4.69) is 37.1 Å². The molecule has 1 fully saturated rings. The van der Waals surface area contributed by atoms with E-state index >= 15 is 0 Å². The molecule has 3 unspecified atom stereocenters. The average molecular weight is 315 g/mol. The first-order valence-electron chi connectivity index (χ1n) is 7.85. The number of halogens is 1. The quantitative estimate of drug-likeness (QED) is 0.837. The Morgan fingerprint density at radius 1 is 1.45 bits per heavy atom. The summed E-state index contributed by atoms with van der Waals surface area (Å²) in [5.74, 6) is 0.743. The Hall–Kier alpha value is -0.0900. The molecule has 2 heterocycles. The lowest BCUT2D eigenvalue weighted by Gasteiger charge is -2.42. The first-order chi connectivity index (χ1) is 9.63. The van der Waals surface area contributed by atoms with E-state index in [1.807, 2.05) is 6.07 Å². The molecule has 1 aliphatic rings. The highest BCUT2D eigenvalue weighted by molar-refractivity contribution is 7.16. The molecule has 2 nitrogen and oxygen atoms in total. The maximum absolute atomic E-state index is 6.06. The molecule has 0 bridgehead atoms. The van der Waals surface area contributed by atoms with Crippen molar-refractivity contribution in [3.63, 3.8) is 0 Å². The van der Waals surface area contributed by atoms with Gasteiger partial charge in [-0.1, -0.05) is 45.2 Å². The molecule has 4 heteroatoms. The molecule has 1 aliphatic heterocycles. The van der Waals surface area contributed by atoms with Crippen LogP contribution in [0, 0.1) is 5.92 Å². The molecule has 0 saturated carbocycles. The normalized spacial score (nSPS) is 25.8. The van der Waals surface area contributed by atoms with E-state index in [0.717, 1.165) is 29.9 Å². The third-order valence-electron chi connectivity index (χ3n) is 4.50. The van der Waals surface area contributed by atoms with Crippen molar-refractivity contribution in [3.05, 3.63) is 21.3 Å². The van der Waals surface area contributed by atoms with E-state index in [0.29, 0.717) is 12.1 Å². The topological polar surface area (TPSA) is 15.3 Å². The molecular weight excluding hydrogens is 288 g/mol. The van der Waals surface area contributed by atoms with Crippen molar-refractivity contribution in [3.8, 4) is 0 Å². The number of thiophene rings is 1. The van der Waals surface area contributed by atoms with Gasteiger partial charge in [0.2, 0.25) is 0 Å². The fourth-order valence-electron chi connectivity index (χ4n) is 3.00. The van der Waals surface area contributed by atoms with Gasteiger partial charge in [-0.05, 0) is 24.5 Å². The zero-order chi connectivity index (χ0) is 14.5. The monoisotopic (exact) mass is 314 g/mol. The fraction of sp³-hybridized carbons (Fsp3) is 0.750. The van der Waals surface area contributed by atoms with Crippen LogP contribution in [0.4, 0.5) is 0 Å². The van der Waals surface area contributed by atoms with Crippen LogP contribution < -0.4 is 5.32 Å². The number of hydrogen-bond acceptors (Lipinski definition) is 3. The molecule has 0 amide bonds. The van der Waals surface area contributed by atoms with Crippen LogP contribution in [0.1, 0.15) is 44.9 Å². The summed E-state index contributed by atoms with van der Waals surface area (Å²) in [6.45, 7) is 10.3. The van der Waals surface area contributed by atoms with E-state index in [-0.39, 0.29) is 0 Å². The number of piperazine rings is 1. The van der Waals surface area contributed by atoms with Crippen molar-refractivity contribution < 1.29 is 0 Å². The van der Waals surface area contributed by atoms with Gasteiger partial charge in [0.25, 0.3) is 0 Å². The molecule has 0 aliphatic carbocycles. The first kappa shape index (κ1) is 16.3. The van der Waals surface area contributed by atoms with Crippen molar-refractivity contribution in [2.24, 2.45) is 5.92 Å². The van der Waals surface area contributed by atoms with Crippen LogP contribution in [0.5, 0.6) is 0 Å². The zero-order valence-corrected chi connectivity index (χ0v) is 14.4. The minimum atomic E-state index is 0.628. The fourth-order valence-corrected chi connectivity index (χ4v) is 4.11. The zero-order valence-electron chi connectivity index (χ0n) is 12.9. The van der Waals surface area contributed by atoms with Gasteiger partial charge in [0.15, 0.2) is 0 Å². The van der Waals surface area contributed by atoms with Crippen LogP contribution in [0.3, 0.4) is 0 Å². The van der Waals surface area contributed by atoms with Gasteiger partial charge >= 0.3 is 0 Å². The molecular formula is C16H27ClN2S. The molecule has 2 rings (SSSR count). The van der Waals surface area contributed by atoms with Gasteiger partial charge in [0, 0.05) is 36.6 Å². The minimum Gasteiger partial charge on any atom is -0.311 e. The minimum absolute atomic E-state index is 0.628. The van der Waals surface area contributed by atoms with Gasteiger partial charge < -0.3 is 5.32 Å². The molecule has 0 spiro atoms. The van der Waals surface area contributed by atoms with Crippen molar-refractivity contribution >= 4 is 22.9 Å². The van der Waals surface area contributed by atoms with Crippen molar-refractivity contribution in [1.29, 1.82) is 0 Å². The molecule has 1 aromatic heterocycles. The van der Waals surface area contributed by atoms with Crippen LogP contribution in [0.15, 0.2) is 12.1 Å². The molecule has 1 saturated heterocycles. The van der Waals surface area contributed by atoms with Gasteiger partial charge in [0.1, 0.15) is 0 Å². The lowest BCUT2D eigenvalue weighted by atomic mass is 9.94. The average Bonchev–Trinajstić information content (AvgIpc) is 2.85. The summed E-state index contributed by atoms with van der Waals surface area (Å²) in [5, 5.41) is 3.76. The molecule has 0 aromatic carbocycles. The van der Waals surface area contributed by atoms with Crippen LogP contribution in [0.25, 0.3) is 0 Å². The summed E-state index contributed by atoms with van der Waals surface area (Å²) in [5.41, 5.74) is 0. The number of nitrogens with one attached hydrogen (secondary N) is 1. The van der Waals surface area contributed by atoms with Gasteiger partial charge in [-0.25, -0.2) is 0 Å². The summed E-state index contributed by atoms with van der Waals surface area (Å²) >= 11 is 7.79. The highest BCUT2D eigenvalue weighted by atomic mass is 35.5. The third kappa shape index (κ3) is 4.20. The number of hydrogen-bond donors (Lipinski definition) is 1. The van der Waals surface area contributed by atoms with E-state index in [1.54, 1.807) is 11.3 Å². The van der Waals surface area contributed by atoms with E-state index in [4.69, 9.17) is 11.6 Å². The number of nitrogens with zero attached hydrogens (tertiary/aromatic N) is 1. The lowest BCUT2D eigenvalue weighted by Crippen LogP contribution is -2.57. The predicted molar refractivity (Wildman–Crippen MR) is 89.7 cm³/mol. The maximum Gasteiger partial charge on any atom is 0.0931 e. The Labute approximate surface area is 132 Å².